The number of anilines is 1. The molecule has 0 amide bonds. The zero-order valence-corrected chi connectivity index (χ0v) is 6.74. The molecule has 0 radical (unpaired) electrons. The molecule has 0 aliphatic heterocycles. The largest absolute Gasteiger partial charge is 0.399 e. The van der Waals surface area contributed by atoms with Gasteiger partial charge in [-0.25, -0.2) is 0 Å². The van der Waals surface area contributed by atoms with E-state index in [1.54, 1.807) is 24.3 Å². The molecule has 68 valence electrons. The molecule has 0 fully saturated rings. The maximum absolute atomic E-state index is 12.4. The summed E-state index contributed by atoms with van der Waals surface area (Å²) in [5, 5.41) is 0.736. The number of hydrogen-bond acceptors (Lipinski definition) is 1. The molecule has 0 spiro atoms. The van der Waals surface area contributed by atoms with Crippen LogP contribution in [0.2, 0.25) is 0 Å². The summed E-state index contributed by atoms with van der Waals surface area (Å²) in [5.41, 5.74) is 6.60. The maximum Gasteiger partial charge on any atom is 0.319 e. The van der Waals surface area contributed by atoms with E-state index in [2.05, 4.69) is 0 Å². The van der Waals surface area contributed by atoms with Gasteiger partial charge in [0.1, 0.15) is 0 Å². The van der Waals surface area contributed by atoms with Crippen molar-refractivity contribution < 1.29 is 8.78 Å². The van der Waals surface area contributed by atoms with Crippen LogP contribution >= 0.6 is 0 Å². The van der Waals surface area contributed by atoms with Crippen molar-refractivity contribution in [2.24, 2.45) is 0 Å². The highest BCUT2D eigenvalue weighted by molar-refractivity contribution is 5.83. The Morgan fingerprint density at radius 2 is 2.00 bits per heavy atom. The standard InChI is InChI=1S/C9H8F2N2/c10-9(11)13-4-3-6-5-7(12)1-2-8(6)13/h1-5,9H,12H2. The third kappa shape index (κ3) is 1.24. The van der Waals surface area contributed by atoms with E-state index >= 15 is 0 Å². The molecule has 0 unspecified atom stereocenters. The molecule has 2 N–H and O–H groups in total. The summed E-state index contributed by atoms with van der Waals surface area (Å²) in [6.07, 6.45) is 1.36. The van der Waals surface area contributed by atoms with E-state index in [1.165, 1.54) is 6.20 Å². The zero-order chi connectivity index (χ0) is 9.42. The van der Waals surface area contributed by atoms with Crippen LogP contribution in [0.1, 0.15) is 6.55 Å². The summed E-state index contributed by atoms with van der Waals surface area (Å²) in [5.74, 6) is 0. The Hall–Kier alpha value is -1.58. The first-order valence-electron chi connectivity index (χ1n) is 3.83. The summed E-state index contributed by atoms with van der Waals surface area (Å²) in [4.78, 5) is 0. The van der Waals surface area contributed by atoms with Gasteiger partial charge in [0.25, 0.3) is 0 Å². The quantitative estimate of drug-likeness (QED) is 0.675. The van der Waals surface area contributed by atoms with Crippen LogP contribution in [0.4, 0.5) is 14.5 Å². The van der Waals surface area contributed by atoms with Gasteiger partial charge >= 0.3 is 6.55 Å². The van der Waals surface area contributed by atoms with Gasteiger partial charge in [0.05, 0.1) is 5.52 Å². The number of halogens is 2. The maximum atomic E-state index is 12.4. The van der Waals surface area contributed by atoms with Crippen LogP contribution in [0.25, 0.3) is 10.9 Å². The van der Waals surface area contributed by atoms with Gasteiger partial charge in [-0.3, -0.25) is 4.57 Å². The van der Waals surface area contributed by atoms with E-state index in [-0.39, 0.29) is 0 Å². The molecule has 2 aromatic rings. The first-order chi connectivity index (χ1) is 6.18. The zero-order valence-electron chi connectivity index (χ0n) is 6.74. The minimum Gasteiger partial charge on any atom is -0.399 e. The van der Waals surface area contributed by atoms with Crippen molar-refractivity contribution >= 4 is 16.6 Å². The number of benzene rings is 1. The van der Waals surface area contributed by atoms with Crippen LogP contribution in [0.15, 0.2) is 30.5 Å². The second-order valence-corrected chi connectivity index (χ2v) is 2.82. The fraction of sp³-hybridized carbons (Fsp3) is 0.111. The lowest BCUT2D eigenvalue weighted by atomic mass is 10.2. The molecular weight excluding hydrogens is 174 g/mol. The fourth-order valence-corrected chi connectivity index (χ4v) is 1.35. The summed E-state index contributed by atoms with van der Waals surface area (Å²) >= 11 is 0. The molecule has 1 heterocycles. The van der Waals surface area contributed by atoms with Crippen LogP contribution < -0.4 is 5.73 Å². The summed E-state index contributed by atoms with van der Waals surface area (Å²) in [6.45, 7) is -2.50. The van der Waals surface area contributed by atoms with Gasteiger partial charge < -0.3 is 5.73 Å². The lowest BCUT2D eigenvalue weighted by molar-refractivity contribution is 0.0752. The van der Waals surface area contributed by atoms with Gasteiger partial charge in [-0.2, -0.15) is 8.78 Å². The van der Waals surface area contributed by atoms with Crippen LogP contribution in [0, 0.1) is 0 Å². The Balaban J connectivity index is 2.69. The van der Waals surface area contributed by atoms with Gasteiger partial charge in [0.15, 0.2) is 0 Å². The van der Waals surface area contributed by atoms with Crippen molar-refractivity contribution in [3.05, 3.63) is 30.5 Å². The molecule has 0 aliphatic carbocycles. The average molecular weight is 182 g/mol. The van der Waals surface area contributed by atoms with Gasteiger partial charge in [0.2, 0.25) is 0 Å². The van der Waals surface area contributed by atoms with Crippen molar-refractivity contribution in [1.82, 2.24) is 4.57 Å². The van der Waals surface area contributed by atoms with Crippen LogP contribution in [0.3, 0.4) is 0 Å². The molecule has 2 nitrogen and oxygen atoms in total. The number of nitrogens with zero attached hydrogens (tertiary/aromatic N) is 1. The number of aromatic nitrogens is 1. The minimum atomic E-state index is -2.50. The van der Waals surface area contributed by atoms with Crippen LogP contribution in [-0.2, 0) is 0 Å². The molecule has 0 saturated carbocycles. The topological polar surface area (TPSA) is 30.9 Å². The summed E-state index contributed by atoms with van der Waals surface area (Å²) in [6, 6.07) is 6.50. The molecule has 13 heavy (non-hydrogen) atoms. The third-order valence-electron chi connectivity index (χ3n) is 1.95. The number of nitrogen functional groups attached to an aromatic ring is 1. The van der Waals surface area contributed by atoms with Crippen molar-refractivity contribution in [2.45, 2.75) is 6.55 Å². The highest BCUT2D eigenvalue weighted by Gasteiger charge is 2.08. The monoisotopic (exact) mass is 182 g/mol. The molecule has 1 aromatic heterocycles. The molecular formula is C9H8F2N2. The number of fused-ring (bicyclic) bond motifs is 1. The first kappa shape index (κ1) is 8.04. The Morgan fingerprint density at radius 3 is 2.69 bits per heavy atom. The lowest BCUT2D eigenvalue weighted by Crippen LogP contribution is -1.94. The molecule has 0 atom stereocenters. The lowest BCUT2D eigenvalue weighted by Gasteiger charge is -2.02. The van der Waals surface area contributed by atoms with E-state index in [4.69, 9.17) is 5.73 Å². The number of alkyl halides is 2. The number of rotatable bonds is 1. The second kappa shape index (κ2) is 2.73. The Labute approximate surface area is 73.6 Å². The summed E-state index contributed by atoms with van der Waals surface area (Å²) in [7, 11) is 0. The Bertz CT molecular complexity index is 434. The first-order valence-corrected chi connectivity index (χ1v) is 3.83. The van der Waals surface area contributed by atoms with Gasteiger partial charge in [-0.15, -0.1) is 0 Å². The predicted octanol–water partition coefficient (Wildman–Crippen LogP) is 2.62. The molecule has 0 bridgehead atoms. The van der Waals surface area contributed by atoms with Gasteiger partial charge in [-0.1, -0.05) is 0 Å². The second-order valence-electron chi connectivity index (χ2n) is 2.82. The smallest absolute Gasteiger partial charge is 0.319 e. The molecule has 0 aliphatic rings. The van der Waals surface area contributed by atoms with E-state index in [9.17, 15) is 8.78 Å². The van der Waals surface area contributed by atoms with Crippen molar-refractivity contribution in [3.63, 3.8) is 0 Å². The Kier molecular flexibility index (Phi) is 1.69. The third-order valence-corrected chi connectivity index (χ3v) is 1.95. The van der Waals surface area contributed by atoms with E-state index in [0.29, 0.717) is 11.2 Å². The molecule has 4 heteroatoms. The van der Waals surface area contributed by atoms with E-state index < -0.39 is 6.55 Å². The molecule has 0 saturated heterocycles. The van der Waals surface area contributed by atoms with Crippen molar-refractivity contribution in [2.75, 3.05) is 5.73 Å². The SMILES string of the molecule is Nc1ccc2c(ccn2C(F)F)c1. The van der Waals surface area contributed by atoms with Crippen molar-refractivity contribution in [1.29, 1.82) is 0 Å². The van der Waals surface area contributed by atoms with Gasteiger partial charge in [-0.05, 0) is 24.3 Å². The van der Waals surface area contributed by atoms with E-state index in [0.717, 1.165) is 9.95 Å². The summed E-state index contributed by atoms with van der Waals surface area (Å²) < 4.78 is 25.6. The van der Waals surface area contributed by atoms with E-state index in [1.807, 2.05) is 0 Å². The molecule has 1 aromatic carbocycles. The van der Waals surface area contributed by atoms with Crippen LogP contribution in [0.5, 0.6) is 0 Å². The highest BCUT2D eigenvalue weighted by atomic mass is 19.3. The Morgan fingerprint density at radius 1 is 1.23 bits per heavy atom. The fourth-order valence-electron chi connectivity index (χ4n) is 1.35. The van der Waals surface area contributed by atoms with Gasteiger partial charge in [0, 0.05) is 17.3 Å². The number of nitrogens with two attached hydrogens (primary N) is 1. The van der Waals surface area contributed by atoms with Crippen molar-refractivity contribution in [3.8, 4) is 0 Å². The molecule has 2 rings (SSSR count). The normalized spacial score (nSPS) is 11.3. The van der Waals surface area contributed by atoms with Crippen LogP contribution in [-0.4, -0.2) is 4.57 Å². The average Bonchev–Trinajstić information content (AvgIpc) is 2.46. The highest BCUT2D eigenvalue weighted by Crippen LogP contribution is 2.23. The predicted molar refractivity (Wildman–Crippen MR) is 47.6 cm³/mol. The number of hydrogen-bond donors (Lipinski definition) is 1. The minimum absolute atomic E-state index is 0.504.